The third-order valence-electron chi connectivity index (χ3n) is 3.66. The summed E-state index contributed by atoms with van der Waals surface area (Å²) in [5.41, 5.74) is 1.81. The van der Waals surface area contributed by atoms with Crippen LogP contribution in [-0.2, 0) is 12.4 Å². The van der Waals surface area contributed by atoms with Crippen LogP contribution < -0.4 is 9.67 Å². The van der Waals surface area contributed by atoms with Crippen LogP contribution in [0.5, 0.6) is 0 Å². The first-order valence-corrected chi connectivity index (χ1v) is 11.2. The maximum Gasteiger partial charge on any atom is 0.372 e. The van der Waals surface area contributed by atoms with E-state index in [0.717, 1.165) is 5.39 Å². The van der Waals surface area contributed by atoms with Crippen molar-refractivity contribution >= 4 is 47.1 Å². The molecule has 28 heavy (non-hydrogen) atoms. The number of benzene rings is 2. The van der Waals surface area contributed by atoms with E-state index in [1.807, 2.05) is 18.2 Å². The quantitative estimate of drug-likeness (QED) is 0.268. The molecule has 1 aromatic heterocycles. The molecule has 4 N–H and O–H groups in total. The SMILES string of the molecule is CC(=O)Nc1ccc([As](=O)(O)OO)cc1.Cc1c(C(=O)O)oc2ccccc12. The number of furan rings is 1. The van der Waals surface area contributed by atoms with Crippen LogP contribution in [0.1, 0.15) is 23.0 Å². The topological polar surface area (TPSA) is 146 Å². The maximum atomic E-state index is 11.2. The predicted molar refractivity (Wildman–Crippen MR) is 101 cm³/mol. The van der Waals surface area contributed by atoms with Crippen molar-refractivity contribution < 1.29 is 36.1 Å². The number of aryl methyl sites for hydroxylation is 1. The smallest absolute Gasteiger partial charge is 0.372 e. The first kappa shape index (κ1) is 21.5. The molecule has 0 bridgehead atoms. The van der Waals surface area contributed by atoms with E-state index in [9.17, 15) is 13.3 Å². The van der Waals surface area contributed by atoms with Crippen LogP contribution in [0.15, 0.2) is 52.9 Å². The van der Waals surface area contributed by atoms with Gasteiger partial charge in [0.25, 0.3) is 0 Å². The Labute approximate surface area is 162 Å². The Balaban J connectivity index is 0.000000202. The number of rotatable bonds is 4. The van der Waals surface area contributed by atoms with Gasteiger partial charge in [0.1, 0.15) is 5.58 Å². The zero-order valence-electron chi connectivity index (χ0n) is 14.9. The zero-order chi connectivity index (χ0) is 20.9. The van der Waals surface area contributed by atoms with Gasteiger partial charge in [0.05, 0.1) is 0 Å². The number of aromatic carboxylic acids is 1. The summed E-state index contributed by atoms with van der Waals surface area (Å²) >= 11 is -4.76. The molecule has 3 rings (SSSR count). The van der Waals surface area contributed by atoms with E-state index >= 15 is 0 Å². The summed E-state index contributed by atoms with van der Waals surface area (Å²) in [5, 5.41) is 20.3. The van der Waals surface area contributed by atoms with Gasteiger partial charge in [0.15, 0.2) is 0 Å². The van der Waals surface area contributed by atoms with E-state index in [1.165, 1.54) is 31.2 Å². The van der Waals surface area contributed by atoms with Crippen molar-refractivity contribution in [2.24, 2.45) is 0 Å². The maximum absolute atomic E-state index is 11.2. The fourth-order valence-corrected chi connectivity index (χ4v) is 3.66. The number of nitrogens with one attached hydrogen (secondary N) is 1. The second-order valence-corrected chi connectivity index (χ2v) is 9.30. The largest absolute Gasteiger partial charge is 0.475 e. The van der Waals surface area contributed by atoms with Crippen molar-refractivity contribution in [3.05, 3.63) is 59.9 Å². The summed E-state index contributed by atoms with van der Waals surface area (Å²) in [5.74, 6) is -1.23. The zero-order valence-corrected chi connectivity index (χ0v) is 16.8. The normalized spacial score (nSPS) is 12.6. The first-order valence-electron chi connectivity index (χ1n) is 7.91. The Morgan fingerprint density at radius 1 is 1.11 bits per heavy atom. The Bertz CT molecular complexity index is 1040. The Hall–Kier alpha value is -2.84. The minimum absolute atomic E-state index is 0.00438. The number of anilines is 1. The van der Waals surface area contributed by atoms with Crippen molar-refractivity contribution in [1.29, 1.82) is 0 Å². The molecule has 9 nitrogen and oxygen atoms in total. The molecule has 0 radical (unpaired) electrons. The Kier molecular flexibility index (Phi) is 6.82. The summed E-state index contributed by atoms with van der Waals surface area (Å²) in [6.45, 7) is 3.10. The average molecular weight is 451 g/mol. The molecular weight excluding hydrogens is 433 g/mol. The number of amides is 1. The molecule has 2 aromatic carbocycles. The number of carboxylic acid groups (broad SMARTS) is 1. The Morgan fingerprint density at radius 3 is 2.21 bits per heavy atom. The third-order valence-corrected chi connectivity index (χ3v) is 6.12. The summed E-state index contributed by atoms with van der Waals surface area (Å²) in [4.78, 5) is 21.4. The van der Waals surface area contributed by atoms with Crippen molar-refractivity contribution in [2.75, 3.05) is 5.32 Å². The summed E-state index contributed by atoms with van der Waals surface area (Å²) in [7, 11) is 0. The van der Waals surface area contributed by atoms with Gasteiger partial charge in [-0.05, 0) is 13.0 Å². The minimum Gasteiger partial charge on any atom is -0.475 e. The third kappa shape index (κ3) is 5.11. The molecule has 1 unspecified atom stereocenters. The van der Waals surface area contributed by atoms with Gasteiger partial charge in [-0.25, -0.2) is 4.79 Å². The minimum atomic E-state index is -4.76. The predicted octanol–water partition coefficient (Wildman–Crippen LogP) is 2.14. The van der Waals surface area contributed by atoms with Gasteiger partial charge in [-0.2, -0.15) is 0 Å². The molecule has 0 aliphatic heterocycles. The van der Waals surface area contributed by atoms with E-state index in [1.54, 1.807) is 13.0 Å². The molecule has 0 aliphatic carbocycles. The molecule has 0 fully saturated rings. The van der Waals surface area contributed by atoms with Crippen molar-refractivity contribution in [3.8, 4) is 0 Å². The molecule has 1 atom stereocenters. The molecule has 1 amide bonds. The molecular formula is C18H18AsNO8. The van der Waals surface area contributed by atoms with Crippen LogP contribution in [0.2, 0.25) is 0 Å². The molecule has 10 heteroatoms. The van der Waals surface area contributed by atoms with Gasteiger partial charge in [-0.3, -0.25) is 0 Å². The van der Waals surface area contributed by atoms with Crippen LogP contribution in [0.3, 0.4) is 0 Å². The summed E-state index contributed by atoms with van der Waals surface area (Å²) in [6, 6.07) is 12.8. The first-order chi connectivity index (χ1) is 13.2. The number of carbonyl (C=O) groups excluding carboxylic acids is 1. The van der Waals surface area contributed by atoms with Crippen molar-refractivity contribution in [2.45, 2.75) is 13.8 Å². The van der Waals surface area contributed by atoms with Gasteiger partial charge in [-0.15, -0.1) is 0 Å². The molecule has 0 spiro atoms. The molecule has 0 saturated heterocycles. The Morgan fingerprint density at radius 2 is 1.71 bits per heavy atom. The van der Waals surface area contributed by atoms with E-state index < -0.39 is 20.1 Å². The van der Waals surface area contributed by atoms with Gasteiger partial charge in [0.2, 0.25) is 5.76 Å². The van der Waals surface area contributed by atoms with Gasteiger partial charge < -0.3 is 9.52 Å². The number of carbonyl (C=O) groups is 2. The summed E-state index contributed by atoms with van der Waals surface area (Å²) < 4.78 is 29.0. The number of hydrogen-bond acceptors (Lipinski definition) is 6. The molecule has 148 valence electrons. The fourth-order valence-electron chi connectivity index (χ4n) is 2.36. The van der Waals surface area contributed by atoms with Crippen molar-refractivity contribution in [1.82, 2.24) is 0 Å². The monoisotopic (exact) mass is 451 g/mol. The second kappa shape index (κ2) is 8.90. The van der Waals surface area contributed by atoms with E-state index in [0.29, 0.717) is 16.8 Å². The number of carboxylic acids is 1. The summed E-state index contributed by atoms with van der Waals surface area (Å²) in [6.07, 6.45) is 0. The second-order valence-electron chi connectivity index (χ2n) is 5.69. The molecule has 3 aromatic rings. The molecule has 1 heterocycles. The van der Waals surface area contributed by atoms with Crippen LogP contribution in [0, 0.1) is 6.92 Å². The van der Waals surface area contributed by atoms with E-state index in [-0.39, 0.29) is 16.0 Å². The molecule has 0 saturated carbocycles. The van der Waals surface area contributed by atoms with Crippen LogP contribution in [0.25, 0.3) is 11.0 Å². The van der Waals surface area contributed by atoms with Gasteiger partial charge in [0, 0.05) is 10.9 Å². The number of hydrogen-bond donors (Lipinski definition) is 4. The van der Waals surface area contributed by atoms with E-state index in [2.05, 4.69) is 9.19 Å². The molecule has 0 aliphatic rings. The number of para-hydroxylation sites is 1. The number of fused-ring (bicyclic) bond motifs is 1. The van der Waals surface area contributed by atoms with Crippen molar-refractivity contribution in [3.63, 3.8) is 0 Å². The average Bonchev–Trinajstić information content (AvgIpc) is 3.00. The van der Waals surface area contributed by atoms with Crippen LogP contribution >= 0.6 is 0 Å². The van der Waals surface area contributed by atoms with E-state index in [4.69, 9.17) is 18.9 Å². The standard InChI is InChI=1S/C10H8O3.C8H10AsNO5/c1-6-7-4-2-3-5-8(7)13-9(6)10(11)12;1-6(11)10-8-4-2-7(3-5-8)9(12,13)15-14/h2-5H,1H3,(H,11,12);2-5,14H,1H3,(H,10,11)(H,12,13). The van der Waals surface area contributed by atoms with Crippen LogP contribution in [-0.4, -0.2) is 40.5 Å². The fraction of sp³-hybridized carbons (Fsp3) is 0.111. The van der Waals surface area contributed by atoms with Gasteiger partial charge >= 0.3 is 94.4 Å². The van der Waals surface area contributed by atoms with Crippen LogP contribution in [0.4, 0.5) is 5.69 Å². The van der Waals surface area contributed by atoms with Gasteiger partial charge in [-0.1, -0.05) is 18.2 Å².